The van der Waals surface area contributed by atoms with Crippen LogP contribution in [0.4, 0.5) is 0 Å². The van der Waals surface area contributed by atoms with Crippen LogP contribution in [-0.2, 0) is 24.3 Å². The molecule has 0 spiro atoms. The molecule has 6 nitrogen and oxygen atoms in total. The fourth-order valence-electron chi connectivity index (χ4n) is 3.14. The average molecular weight is 469 g/mol. The molecule has 0 unspecified atom stereocenters. The highest BCUT2D eigenvalue weighted by atomic mass is 35.5. The lowest BCUT2D eigenvalue weighted by Crippen LogP contribution is -2.28. The summed E-state index contributed by atoms with van der Waals surface area (Å²) in [5.74, 6) is 0.248. The van der Waals surface area contributed by atoms with E-state index in [4.69, 9.17) is 34.8 Å². The zero-order valence-corrected chi connectivity index (χ0v) is 18.3. The van der Waals surface area contributed by atoms with Gasteiger partial charge in [0.25, 0.3) is 0 Å². The molecule has 0 radical (unpaired) electrons. The Balaban J connectivity index is 1.71. The van der Waals surface area contributed by atoms with E-state index in [-0.39, 0.29) is 31.9 Å². The highest BCUT2D eigenvalue weighted by Gasteiger charge is 2.17. The molecule has 1 aromatic heterocycles. The quantitative estimate of drug-likeness (QED) is 0.509. The Labute approximate surface area is 188 Å². The number of halogens is 3. The van der Waals surface area contributed by atoms with Gasteiger partial charge in [0.1, 0.15) is 6.54 Å². The smallest absolute Gasteiger partial charge is 0.346 e. The van der Waals surface area contributed by atoms with Crippen LogP contribution in [0.1, 0.15) is 18.4 Å². The number of rotatable bonds is 9. The molecule has 1 heterocycles. The molecule has 158 valence electrons. The molecule has 0 saturated heterocycles. The van der Waals surface area contributed by atoms with E-state index >= 15 is 0 Å². The summed E-state index contributed by atoms with van der Waals surface area (Å²) in [6, 6.07) is 12.1. The van der Waals surface area contributed by atoms with Crippen LogP contribution in [0.25, 0.3) is 11.4 Å². The van der Waals surface area contributed by atoms with Gasteiger partial charge in [0.05, 0.1) is 13.2 Å². The minimum absolute atomic E-state index is 0.0794. The summed E-state index contributed by atoms with van der Waals surface area (Å²) < 4.78 is 2.48. The topological polar surface area (TPSA) is 77.1 Å². The van der Waals surface area contributed by atoms with Crippen molar-refractivity contribution in [3.63, 3.8) is 0 Å². The highest BCUT2D eigenvalue weighted by molar-refractivity contribution is 6.36. The number of nitrogens with zero attached hydrogens (tertiary/aromatic N) is 3. The minimum Gasteiger partial charge on any atom is -0.395 e. The molecule has 0 fully saturated rings. The maximum Gasteiger partial charge on any atom is 0.346 e. The van der Waals surface area contributed by atoms with Gasteiger partial charge in [-0.25, -0.2) is 9.48 Å². The van der Waals surface area contributed by atoms with Crippen molar-refractivity contribution in [2.75, 3.05) is 6.61 Å². The fourth-order valence-corrected chi connectivity index (χ4v) is 3.85. The Morgan fingerprint density at radius 2 is 1.70 bits per heavy atom. The number of hydrogen-bond acceptors (Lipinski definition) is 4. The summed E-state index contributed by atoms with van der Waals surface area (Å²) >= 11 is 18.2. The van der Waals surface area contributed by atoms with Gasteiger partial charge < -0.3 is 5.11 Å². The van der Waals surface area contributed by atoms with Crippen molar-refractivity contribution in [1.82, 2.24) is 14.3 Å². The molecule has 0 atom stereocenters. The Hall–Kier alpha value is -2.12. The lowest BCUT2D eigenvalue weighted by Gasteiger charge is -2.06. The first-order valence-electron chi connectivity index (χ1n) is 9.39. The Morgan fingerprint density at radius 3 is 2.33 bits per heavy atom. The standard InChI is InChI=1S/C21H20Cl3N3O3/c22-15-9-7-14(8-10-15)20-25-27(21(30)26(20)11-12-28)13-16(29)3-1-4-17-18(23)5-2-6-19(17)24/h2,5-10,28H,1,3-4,11-13H2. The molecule has 0 amide bonds. The number of aromatic nitrogens is 3. The number of benzene rings is 2. The molecular weight excluding hydrogens is 449 g/mol. The van der Waals surface area contributed by atoms with Crippen molar-refractivity contribution in [3.05, 3.63) is 73.6 Å². The van der Waals surface area contributed by atoms with Gasteiger partial charge in [0.15, 0.2) is 11.6 Å². The zero-order chi connectivity index (χ0) is 21.7. The summed E-state index contributed by atoms with van der Waals surface area (Å²) in [7, 11) is 0. The summed E-state index contributed by atoms with van der Waals surface area (Å²) in [5, 5.41) is 15.3. The van der Waals surface area contributed by atoms with Crippen LogP contribution in [0.5, 0.6) is 0 Å². The van der Waals surface area contributed by atoms with E-state index in [1.807, 2.05) is 0 Å². The molecule has 3 rings (SSSR count). The maximum absolute atomic E-state index is 12.7. The largest absolute Gasteiger partial charge is 0.395 e. The first-order valence-corrected chi connectivity index (χ1v) is 10.5. The van der Waals surface area contributed by atoms with Crippen LogP contribution in [-0.4, -0.2) is 31.8 Å². The SMILES string of the molecule is O=C(CCCc1c(Cl)cccc1Cl)Cn1nc(-c2ccc(Cl)cc2)n(CCO)c1=O. The van der Waals surface area contributed by atoms with Gasteiger partial charge in [-0.15, -0.1) is 5.10 Å². The third-order valence-corrected chi connectivity index (χ3v) is 5.58. The number of aliphatic hydroxyl groups is 1. The fraction of sp³-hybridized carbons (Fsp3) is 0.286. The molecule has 0 saturated carbocycles. The molecule has 0 aliphatic carbocycles. The van der Waals surface area contributed by atoms with Gasteiger partial charge in [-0.2, -0.15) is 0 Å². The van der Waals surface area contributed by atoms with Crippen LogP contribution < -0.4 is 5.69 Å². The first-order chi connectivity index (χ1) is 14.4. The molecule has 2 aromatic carbocycles. The number of hydrogen-bond donors (Lipinski definition) is 1. The maximum atomic E-state index is 12.7. The lowest BCUT2D eigenvalue weighted by molar-refractivity contribution is -0.119. The average Bonchev–Trinajstić information content (AvgIpc) is 3.01. The van der Waals surface area contributed by atoms with E-state index in [0.717, 1.165) is 10.2 Å². The molecule has 0 bridgehead atoms. The van der Waals surface area contributed by atoms with Crippen LogP contribution in [0, 0.1) is 0 Å². The van der Waals surface area contributed by atoms with Crippen molar-refractivity contribution < 1.29 is 9.90 Å². The molecular formula is C21H20Cl3N3O3. The van der Waals surface area contributed by atoms with Crippen molar-refractivity contribution in [1.29, 1.82) is 0 Å². The van der Waals surface area contributed by atoms with E-state index in [2.05, 4.69) is 5.10 Å². The van der Waals surface area contributed by atoms with E-state index in [1.54, 1.807) is 42.5 Å². The predicted molar refractivity (Wildman–Crippen MR) is 118 cm³/mol. The first kappa shape index (κ1) is 22.6. The van der Waals surface area contributed by atoms with Crippen LogP contribution >= 0.6 is 34.8 Å². The third-order valence-electron chi connectivity index (χ3n) is 4.62. The second-order valence-electron chi connectivity index (χ2n) is 6.74. The zero-order valence-electron chi connectivity index (χ0n) is 16.0. The molecule has 0 aliphatic heterocycles. The van der Waals surface area contributed by atoms with Crippen molar-refractivity contribution in [2.24, 2.45) is 0 Å². The second-order valence-corrected chi connectivity index (χ2v) is 7.99. The Bertz CT molecular complexity index is 1070. The summed E-state index contributed by atoms with van der Waals surface area (Å²) in [6.45, 7) is -0.289. The van der Waals surface area contributed by atoms with Gasteiger partial charge >= 0.3 is 5.69 Å². The number of carbonyl (C=O) groups is 1. The molecule has 0 aliphatic rings. The normalized spacial score (nSPS) is 11.1. The molecule has 30 heavy (non-hydrogen) atoms. The van der Waals surface area contributed by atoms with Gasteiger partial charge in [0, 0.05) is 27.1 Å². The Kier molecular flexibility index (Phi) is 7.72. The van der Waals surface area contributed by atoms with Gasteiger partial charge in [-0.3, -0.25) is 9.36 Å². The van der Waals surface area contributed by atoms with E-state index in [9.17, 15) is 14.7 Å². The predicted octanol–water partition coefficient (Wildman–Crippen LogP) is 4.26. The van der Waals surface area contributed by atoms with Crippen LogP contribution in [0.15, 0.2) is 47.3 Å². The molecule has 3 aromatic rings. The minimum atomic E-state index is -0.448. The van der Waals surface area contributed by atoms with Gasteiger partial charge in [-0.1, -0.05) is 40.9 Å². The van der Waals surface area contributed by atoms with Crippen LogP contribution in [0.3, 0.4) is 0 Å². The highest BCUT2D eigenvalue weighted by Crippen LogP contribution is 2.26. The van der Waals surface area contributed by atoms with Crippen molar-refractivity contribution >= 4 is 40.6 Å². The number of carbonyl (C=O) groups excluding carboxylic acids is 1. The van der Waals surface area contributed by atoms with Crippen LogP contribution in [0.2, 0.25) is 15.1 Å². The van der Waals surface area contributed by atoms with E-state index in [0.29, 0.717) is 39.3 Å². The van der Waals surface area contributed by atoms with E-state index in [1.165, 1.54) is 4.57 Å². The van der Waals surface area contributed by atoms with E-state index < -0.39 is 5.69 Å². The summed E-state index contributed by atoms with van der Waals surface area (Å²) in [5.41, 5.74) is 1.03. The summed E-state index contributed by atoms with van der Waals surface area (Å²) in [4.78, 5) is 25.1. The second kappa shape index (κ2) is 10.3. The molecule has 9 heteroatoms. The molecule has 1 N–H and O–H groups in total. The lowest BCUT2D eigenvalue weighted by atomic mass is 10.1. The van der Waals surface area contributed by atoms with Crippen molar-refractivity contribution in [2.45, 2.75) is 32.4 Å². The number of ketones is 1. The Morgan fingerprint density at radius 1 is 1.03 bits per heavy atom. The van der Waals surface area contributed by atoms with Gasteiger partial charge in [-0.05, 0) is 54.8 Å². The summed E-state index contributed by atoms with van der Waals surface area (Å²) in [6.07, 6.45) is 1.38. The monoisotopic (exact) mass is 467 g/mol. The third kappa shape index (κ3) is 5.32. The number of Topliss-reactive ketones (excluding diaryl/α,β-unsaturated/α-hetero) is 1. The van der Waals surface area contributed by atoms with Crippen molar-refractivity contribution in [3.8, 4) is 11.4 Å². The van der Waals surface area contributed by atoms with Gasteiger partial charge in [0.2, 0.25) is 0 Å². The number of aliphatic hydroxyl groups excluding tert-OH is 1.